The first-order chi connectivity index (χ1) is 13.7. The molecule has 0 aliphatic carbocycles. The summed E-state index contributed by atoms with van der Waals surface area (Å²) in [6.45, 7) is 4.08. The topological polar surface area (TPSA) is 59.8 Å². The molecule has 2 aliphatic heterocycles. The highest BCUT2D eigenvalue weighted by molar-refractivity contribution is 5.95. The first-order valence-corrected chi connectivity index (χ1v) is 9.51. The molecule has 5 rings (SSSR count). The standard InChI is InChI=1S/C21H22N4O3/c1-23-17-5-3-2-4-16(17)22-20(23)13-24-8-10-25(11-9-24)21(26)15-6-7-18-19(12-15)28-14-27-18/h2-7,12H,8-11,13-14H2,1H3. The summed E-state index contributed by atoms with van der Waals surface area (Å²) < 4.78 is 12.9. The van der Waals surface area contributed by atoms with E-state index in [9.17, 15) is 4.79 Å². The number of imidazole rings is 1. The van der Waals surface area contributed by atoms with Crippen LogP contribution in [0.25, 0.3) is 11.0 Å². The number of carbonyl (C=O) groups is 1. The molecule has 0 atom stereocenters. The highest BCUT2D eigenvalue weighted by Gasteiger charge is 2.25. The van der Waals surface area contributed by atoms with Crippen LogP contribution < -0.4 is 9.47 Å². The first-order valence-electron chi connectivity index (χ1n) is 9.51. The summed E-state index contributed by atoms with van der Waals surface area (Å²) in [5.41, 5.74) is 2.82. The Bertz CT molecular complexity index is 1040. The molecule has 0 saturated carbocycles. The lowest BCUT2D eigenvalue weighted by atomic mass is 10.1. The van der Waals surface area contributed by atoms with Crippen molar-refractivity contribution in [3.63, 3.8) is 0 Å². The van der Waals surface area contributed by atoms with Crippen LogP contribution in [0.1, 0.15) is 16.2 Å². The molecule has 0 spiro atoms. The molecule has 0 radical (unpaired) electrons. The second-order valence-electron chi connectivity index (χ2n) is 7.21. The first kappa shape index (κ1) is 17.1. The van der Waals surface area contributed by atoms with E-state index >= 15 is 0 Å². The lowest BCUT2D eigenvalue weighted by Crippen LogP contribution is -2.48. The minimum atomic E-state index is 0.0423. The van der Waals surface area contributed by atoms with Crippen LogP contribution >= 0.6 is 0 Å². The van der Waals surface area contributed by atoms with E-state index in [4.69, 9.17) is 14.5 Å². The third-order valence-electron chi connectivity index (χ3n) is 5.52. The number of aromatic nitrogens is 2. The van der Waals surface area contributed by atoms with Gasteiger partial charge in [0.2, 0.25) is 6.79 Å². The Morgan fingerprint density at radius 3 is 2.64 bits per heavy atom. The van der Waals surface area contributed by atoms with Crippen molar-refractivity contribution < 1.29 is 14.3 Å². The van der Waals surface area contributed by atoms with Crippen LogP contribution in [0.15, 0.2) is 42.5 Å². The number of ether oxygens (including phenoxy) is 2. The molecule has 3 aromatic rings. The minimum absolute atomic E-state index is 0.0423. The number of carbonyl (C=O) groups excluding carboxylic acids is 1. The van der Waals surface area contributed by atoms with Crippen LogP contribution in [-0.2, 0) is 13.6 Å². The fraction of sp³-hybridized carbons (Fsp3) is 0.333. The van der Waals surface area contributed by atoms with Gasteiger partial charge in [-0.1, -0.05) is 12.1 Å². The van der Waals surface area contributed by atoms with E-state index < -0.39 is 0 Å². The number of fused-ring (bicyclic) bond motifs is 2. The zero-order valence-electron chi connectivity index (χ0n) is 15.8. The lowest BCUT2D eigenvalue weighted by molar-refractivity contribution is 0.0624. The maximum Gasteiger partial charge on any atom is 0.254 e. The Morgan fingerprint density at radius 2 is 1.82 bits per heavy atom. The van der Waals surface area contributed by atoms with Crippen molar-refractivity contribution in [3.05, 3.63) is 53.9 Å². The zero-order valence-corrected chi connectivity index (χ0v) is 15.8. The molecule has 1 aromatic heterocycles. The number of aryl methyl sites for hydroxylation is 1. The Labute approximate surface area is 163 Å². The summed E-state index contributed by atoms with van der Waals surface area (Å²) in [6, 6.07) is 13.6. The fourth-order valence-corrected chi connectivity index (χ4v) is 3.86. The maximum absolute atomic E-state index is 12.8. The van der Waals surface area contributed by atoms with Gasteiger partial charge in [-0.3, -0.25) is 9.69 Å². The summed E-state index contributed by atoms with van der Waals surface area (Å²) in [5.74, 6) is 2.44. The number of piperazine rings is 1. The van der Waals surface area contributed by atoms with Gasteiger partial charge < -0.3 is 18.9 Å². The molecule has 2 aliphatic rings. The summed E-state index contributed by atoms with van der Waals surface area (Å²) in [6.07, 6.45) is 0. The predicted molar refractivity (Wildman–Crippen MR) is 104 cm³/mol. The molecular formula is C21H22N4O3. The molecule has 1 fully saturated rings. The Hall–Kier alpha value is -3.06. The quantitative estimate of drug-likeness (QED) is 0.700. The molecule has 0 bridgehead atoms. The van der Waals surface area contributed by atoms with Gasteiger partial charge in [-0.25, -0.2) is 4.98 Å². The average Bonchev–Trinajstić information content (AvgIpc) is 3.32. The van der Waals surface area contributed by atoms with Gasteiger partial charge in [0.1, 0.15) is 5.82 Å². The molecule has 7 heteroatoms. The molecule has 0 unspecified atom stereocenters. The van der Waals surface area contributed by atoms with Crippen molar-refractivity contribution in [2.45, 2.75) is 6.54 Å². The molecule has 1 saturated heterocycles. The molecule has 7 nitrogen and oxygen atoms in total. The van der Waals surface area contributed by atoms with E-state index in [1.54, 1.807) is 12.1 Å². The number of nitrogens with zero attached hydrogens (tertiary/aromatic N) is 4. The van der Waals surface area contributed by atoms with Gasteiger partial charge in [-0.2, -0.15) is 0 Å². The molecular weight excluding hydrogens is 356 g/mol. The highest BCUT2D eigenvalue weighted by Crippen LogP contribution is 2.32. The summed E-state index contributed by atoms with van der Waals surface area (Å²) >= 11 is 0. The minimum Gasteiger partial charge on any atom is -0.454 e. The summed E-state index contributed by atoms with van der Waals surface area (Å²) in [4.78, 5) is 21.8. The summed E-state index contributed by atoms with van der Waals surface area (Å²) in [7, 11) is 2.06. The molecule has 0 N–H and O–H groups in total. The van der Waals surface area contributed by atoms with Crippen LogP contribution in [0.2, 0.25) is 0 Å². The highest BCUT2D eigenvalue weighted by atomic mass is 16.7. The largest absolute Gasteiger partial charge is 0.454 e. The van der Waals surface area contributed by atoms with E-state index in [1.165, 1.54) is 0 Å². The van der Waals surface area contributed by atoms with Crippen molar-refractivity contribution in [2.24, 2.45) is 7.05 Å². The van der Waals surface area contributed by atoms with Crippen LogP contribution in [0.3, 0.4) is 0 Å². The van der Waals surface area contributed by atoms with E-state index in [1.807, 2.05) is 29.2 Å². The lowest BCUT2D eigenvalue weighted by Gasteiger charge is -2.34. The van der Waals surface area contributed by atoms with Gasteiger partial charge in [0.05, 0.1) is 17.6 Å². The van der Waals surface area contributed by atoms with Crippen LogP contribution in [-0.4, -0.2) is 58.2 Å². The number of benzene rings is 2. The number of para-hydroxylation sites is 2. The van der Waals surface area contributed by atoms with Crippen molar-refractivity contribution in [1.82, 2.24) is 19.4 Å². The van der Waals surface area contributed by atoms with Gasteiger partial charge in [0.15, 0.2) is 11.5 Å². The van der Waals surface area contributed by atoms with Crippen molar-refractivity contribution >= 4 is 16.9 Å². The van der Waals surface area contributed by atoms with Crippen LogP contribution in [0.5, 0.6) is 11.5 Å². The Morgan fingerprint density at radius 1 is 1.04 bits per heavy atom. The van der Waals surface area contributed by atoms with Crippen molar-refractivity contribution in [1.29, 1.82) is 0 Å². The molecule has 3 heterocycles. The van der Waals surface area contributed by atoms with Crippen LogP contribution in [0.4, 0.5) is 0 Å². The van der Waals surface area contributed by atoms with Crippen molar-refractivity contribution in [3.8, 4) is 11.5 Å². The smallest absolute Gasteiger partial charge is 0.254 e. The van der Waals surface area contributed by atoms with Crippen LogP contribution in [0, 0.1) is 0 Å². The molecule has 144 valence electrons. The maximum atomic E-state index is 12.8. The molecule has 28 heavy (non-hydrogen) atoms. The van der Waals surface area contributed by atoms with Gasteiger partial charge >= 0.3 is 0 Å². The fourth-order valence-electron chi connectivity index (χ4n) is 3.86. The Balaban J connectivity index is 1.23. The second-order valence-corrected chi connectivity index (χ2v) is 7.21. The Kier molecular flexibility index (Phi) is 4.16. The van der Waals surface area contributed by atoms with E-state index in [-0.39, 0.29) is 12.7 Å². The molecule has 2 aromatic carbocycles. The van der Waals surface area contributed by atoms with Gasteiger partial charge in [-0.05, 0) is 30.3 Å². The number of amides is 1. The van der Waals surface area contributed by atoms with Gasteiger partial charge in [0, 0.05) is 38.8 Å². The second kappa shape index (κ2) is 6.83. The normalized spacial score (nSPS) is 16.7. The zero-order chi connectivity index (χ0) is 19.1. The number of hydrogen-bond acceptors (Lipinski definition) is 5. The van der Waals surface area contributed by atoms with Gasteiger partial charge in [-0.15, -0.1) is 0 Å². The monoisotopic (exact) mass is 378 g/mol. The van der Waals surface area contributed by atoms with Gasteiger partial charge in [0.25, 0.3) is 5.91 Å². The van der Waals surface area contributed by atoms with Crippen molar-refractivity contribution in [2.75, 3.05) is 33.0 Å². The predicted octanol–water partition coefficient (Wildman–Crippen LogP) is 2.26. The third kappa shape index (κ3) is 2.97. The number of rotatable bonds is 3. The van der Waals surface area contributed by atoms with E-state index in [0.717, 1.165) is 36.5 Å². The SMILES string of the molecule is Cn1c(CN2CCN(C(=O)c3ccc4c(c3)OCO4)CC2)nc2ccccc21. The molecule has 1 amide bonds. The average molecular weight is 378 g/mol. The third-order valence-corrected chi connectivity index (χ3v) is 5.52. The van der Waals surface area contributed by atoms with E-state index in [0.29, 0.717) is 30.2 Å². The summed E-state index contributed by atoms with van der Waals surface area (Å²) in [5, 5.41) is 0. The van der Waals surface area contributed by atoms with E-state index in [2.05, 4.69) is 22.6 Å². The number of hydrogen-bond donors (Lipinski definition) is 0.